The van der Waals surface area contributed by atoms with Gasteiger partial charge >= 0.3 is 0 Å². The van der Waals surface area contributed by atoms with Crippen molar-refractivity contribution >= 4 is 11.6 Å². The van der Waals surface area contributed by atoms with E-state index in [-0.39, 0.29) is 24.6 Å². The Balaban J connectivity index is 2.22. The van der Waals surface area contributed by atoms with Crippen LogP contribution in [0.1, 0.15) is 16.8 Å². The third-order valence-corrected chi connectivity index (χ3v) is 3.68. The number of nitrogens with zero attached hydrogens (tertiary/aromatic N) is 2. The molecule has 1 heterocycles. The Morgan fingerprint density at radius 3 is 2.52 bits per heavy atom. The molecule has 0 spiro atoms. The zero-order valence-electron chi connectivity index (χ0n) is 14.3. The van der Waals surface area contributed by atoms with E-state index in [0.717, 1.165) is 0 Å². The van der Waals surface area contributed by atoms with Crippen LogP contribution in [0.15, 0.2) is 35.1 Å². The molecule has 130 valence electrons. The van der Waals surface area contributed by atoms with Gasteiger partial charge in [0.1, 0.15) is 23.9 Å². The van der Waals surface area contributed by atoms with Crippen LogP contribution < -0.4 is 15.6 Å². The van der Waals surface area contributed by atoms with Crippen LogP contribution in [-0.4, -0.2) is 24.7 Å². The first-order chi connectivity index (χ1) is 12.0. The second kappa shape index (κ2) is 8.13. The maximum absolute atomic E-state index is 12.5. The number of pyridine rings is 1. The molecule has 2 aromatic rings. The van der Waals surface area contributed by atoms with Crippen molar-refractivity contribution in [1.82, 2.24) is 4.57 Å². The lowest BCUT2D eigenvalue weighted by Gasteiger charge is -2.13. The van der Waals surface area contributed by atoms with Gasteiger partial charge in [-0.25, -0.2) is 0 Å². The summed E-state index contributed by atoms with van der Waals surface area (Å²) in [6.45, 7) is 1.69. The molecule has 7 heteroatoms. The Morgan fingerprint density at radius 2 is 1.96 bits per heavy atom. The van der Waals surface area contributed by atoms with E-state index >= 15 is 0 Å². The molecule has 2 rings (SSSR count). The van der Waals surface area contributed by atoms with Crippen LogP contribution in [0.3, 0.4) is 0 Å². The van der Waals surface area contributed by atoms with Crippen molar-refractivity contribution < 1.29 is 14.3 Å². The van der Waals surface area contributed by atoms with E-state index < -0.39 is 5.56 Å². The summed E-state index contributed by atoms with van der Waals surface area (Å²) in [5.41, 5.74) is 1.18. The highest BCUT2D eigenvalue weighted by molar-refractivity contribution is 5.90. The summed E-state index contributed by atoms with van der Waals surface area (Å²) in [7, 11) is 3.05. The molecule has 1 amide bonds. The Kier molecular flexibility index (Phi) is 5.93. The summed E-state index contributed by atoms with van der Waals surface area (Å²) in [6, 6.07) is 10.4. The fourth-order valence-corrected chi connectivity index (χ4v) is 2.44. The lowest BCUT2D eigenvalue weighted by molar-refractivity contribution is -0.116. The van der Waals surface area contributed by atoms with Crippen LogP contribution >= 0.6 is 0 Å². The Labute approximate surface area is 145 Å². The van der Waals surface area contributed by atoms with Crippen molar-refractivity contribution in [1.29, 1.82) is 5.26 Å². The molecular weight excluding hydrogens is 322 g/mol. The second-order valence-corrected chi connectivity index (χ2v) is 5.40. The smallest absolute Gasteiger partial charge is 0.269 e. The minimum atomic E-state index is -0.501. The first kappa shape index (κ1) is 18.2. The summed E-state index contributed by atoms with van der Waals surface area (Å²) >= 11 is 0. The van der Waals surface area contributed by atoms with Crippen molar-refractivity contribution in [3.8, 4) is 11.8 Å². The molecule has 25 heavy (non-hydrogen) atoms. The molecule has 0 aliphatic carbocycles. The highest BCUT2D eigenvalue weighted by Gasteiger charge is 2.15. The SMILES string of the molecule is COCc1cc(C)n(CC(=O)Nc2ccc(OC)cc2)c(=O)c1C#N. The predicted molar refractivity (Wildman–Crippen MR) is 92.5 cm³/mol. The third-order valence-electron chi connectivity index (χ3n) is 3.68. The molecule has 0 saturated carbocycles. The van der Waals surface area contributed by atoms with Gasteiger partial charge in [-0.15, -0.1) is 0 Å². The van der Waals surface area contributed by atoms with Crippen molar-refractivity contribution in [2.75, 3.05) is 19.5 Å². The number of carbonyl (C=O) groups is 1. The average Bonchev–Trinajstić information content (AvgIpc) is 2.60. The Hall–Kier alpha value is -3.11. The molecule has 0 radical (unpaired) electrons. The summed E-state index contributed by atoms with van der Waals surface area (Å²) in [5.74, 6) is 0.316. The largest absolute Gasteiger partial charge is 0.497 e. The van der Waals surface area contributed by atoms with Gasteiger partial charge in [-0.2, -0.15) is 5.26 Å². The maximum atomic E-state index is 12.5. The van der Waals surface area contributed by atoms with Gasteiger partial charge in [-0.05, 0) is 37.3 Å². The van der Waals surface area contributed by atoms with Crippen molar-refractivity contribution in [3.63, 3.8) is 0 Å². The zero-order valence-corrected chi connectivity index (χ0v) is 14.3. The lowest BCUT2D eigenvalue weighted by atomic mass is 10.1. The maximum Gasteiger partial charge on any atom is 0.269 e. The number of aromatic nitrogens is 1. The van der Waals surface area contributed by atoms with Gasteiger partial charge in [0.2, 0.25) is 5.91 Å². The Bertz CT molecular complexity index is 864. The van der Waals surface area contributed by atoms with Gasteiger partial charge in [0.05, 0.1) is 13.7 Å². The normalized spacial score (nSPS) is 10.2. The molecule has 0 unspecified atom stereocenters. The number of hydrogen-bond donors (Lipinski definition) is 1. The van der Waals surface area contributed by atoms with E-state index in [4.69, 9.17) is 9.47 Å². The summed E-state index contributed by atoms with van der Waals surface area (Å²) in [5, 5.41) is 11.9. The quantitative estimate of drug-likeness (QED) is 0.865. The lowest BCUT2D eigenvalue weighted by Crippen LogP contribution is -2.31. The van der Waals surface area contributed by atoms with Crippen molar-refractivity contribution in [2.45, 2.75) is 20.1 Å². The second-order valence-electron chi connectivity index (χ2n) is 5.40. The van der Waals surface area contributed by atoms with Crippen molar-refractivity contribution in [2.24, 2.45) is 0 Å². The molecule has 1 aromatic carbocycles. The summed E-state index contributed by atoms with van der Waals surface area (Å²) in [4.78, 5) is 24.7. The number of carbonyl (C=O) groups excluding carboxylic acids is 1. The molecular formula is C18H19N3O4. The van der Waals surface area contributed by atoms with Crippen LogP contribution in [0, 0.1) is 18.3 Å². The molecule has 1 N–H and O–H groups in total. The standard InChI is InChI=1S/C18H19N3O4/c1-12-8-13(11-24-2)16(9-19)18(23)21(12)10-17(22)20-14-4-6-15(25-3)7-5-14/h4-8H,10-11H2,1-3H3,(H,20,22). The topological polar surface area (TPSA) is 93.3 Å². The third kappa shape index (κ3) is 4.25. The number of hydrogen-bond acceptors (Lipinski definition) is 5. The molecule has 0 atom stereocenters. The number of nitrogens with one attached hydrogen (secondary N) is 1. The van der Waals surface area contributed by atoms with Gasteiger partial charge in [0.15, 0.2) is 0 Å². The molecule has 0 saturated heterocycles. The molecule has 0 aliphatic heterocycles. The first-order valence-electron chi connectivity index (χ1n) is 7.56. The molecule has 7 nitrogen and oxygen atoms in total. The van der Waals surface area contributed by atoms with Gasteiger partial charge < -0.3 is 19.4 Å². The van der Waals surface area contributed by atoms with Crippen LogP contribution in [0.5, 0.6) is 5.75 Å². The number of anilines is 1. The van der Waals surface area contributed by atoms with Gasteiger partial charge in [0.25, 0.3) is 5.56 Å². The Morgan fingerprint density at radius 1 is 1.28 bits per heavy atom. The number of amides is 1. The molecule has 0 aliphatic rings. The summed E-state index contributed by atoms with van der Waals surface area (Å²) in [6.07, 6.45) is 0. The van der Waals surface area contributed by atoms with E-state index in [1.807, 2.05) is 6.07 Å². The highest BCUT2D eigenvalue weighted by atomic mass is 16.5. The van der Waals surface area contributed by atoms with Crippen LogP contribution in [-0.2, 0) is 22.7 Å². The fourth-order valence-electron chi connectivity index (χ4n) is 2.44. The minimum Gasteiger partial charge on any atom is -0.497 e. The van der Waals surface area contributed by atoms with E-state index in [2.05, 4.69) is 5.32 Å². The first-order valence-corrected chi connectivity index (χ1v) is 7.56. The van der Waals surface area contributed by atoms with E-state index in [0.29, 0.717) is 22.7 Å². The molecule has 0 fully saturated rings. The van der Waals surface area contributed by atoms with Gasteiger partial charge in [-0.1, -0.05) is 0 Å². The molecule has 1 aromatic heterocycles. The van der Waals surface area contributed by atoms with E-state index in [1.165, 1.54) is 11.7 Å². The monoisotopic (exact) mass is 341 g/mol. The number of aryl methyl sites for hydroxylation is 1. The number of ether oxygens (including phenoxy) is 2. The molecule has 0 bridgehead atoms. The minimum absolute atomic E-state index is 0.00954. The number of benzene rings is 1. The van der Waals surface area contributed by atoms with Crippen LogP contribution in [0.25, 0.3) is 0 Å². The van der Waals surface area contributed by atoms with Crippen molar-refractivity contribution in [3.05, 3.63) is 57.5 Å². The van der Waals surface area contributed by atoms with Crippen LogP contribution in [0.4, 0.5) is 5.69 Å². The van der Waals surface area contributed by atoms with E-state index in [9.17, 15) is 14.9 Å². The average molecular weight is 341 g/mol. The number of nitriles is 1. The van der Waals surface area contributed by atoms with Gasteiger partial charge in [-0.3, -0.25) is 9.59 Å². The predicted octanol–water partition coefficient (Wildman–Crippen LogP) is 1.82. The van der Waals surface area contributed by atoms with Crippen LogP contribution in [0.2, 0.25) is 0 Å². The van der Waals surface area contributed by atoms with E-state index in [1.54, 1.807) is 44.4 Å². The van der Waals surface area contributed by atoms with Gasteiger partial charge in [0, 0.05) is 24.1 Å². The highest BCUT2D eigenvalue weighted by Crippen LogP contribution is 2.15. The number of rotatable bonds is 6. The zero-order chi connectivity index (χ0) is 18.4. The number of methoxy groups -OCH3 is 2. The fraction of sp³-hybridized carbons (Fsp3) is 0.278. The summed E-state index contributed by atoms with van der Waals surface area (Å²) < 4.78 is 11.3.